The lowest BCUT2D eigenvalue weighted by molar-refractivity contribution is -0.147. The van der Waals surface area contributed by atoms with E-state index in [1.165, 1.54) is 25.7 Å². The molecule has 0 bridgehead atoms. The van der Waals surface area contributed by atoms with Gasteiger partial charge in [0.05, 0.1) is 29.7 Å². The van der Waals surface area contributed by atoms with E-state index < -0.39 is 105 Å². The normalized spacial score (nSPS) is 18.7. The maximum absolute atomic E-state index is 12.2. The Morgan fingerprint density at radius 2 is 0.794 bits per heavy atom. The van der Waals surface area contributed by atoms with Gasteiger partial charge >= 0.3 is 36.0 Å². The number of amides is 12. The molecule has 36 nitrogen and oxygen atoms in total. The Bertz CT molecular complexity index is 3810. The van der Waals surface area contributed by atoms with Crippen LogP contribution in [0.4, 0.5) is 14.4 Å². The Kier molecular flexibility index (Phi) is 72.3. The zero-order chi connectivity index (χ0) is 103. The number of aliphatic carboxylic acids is 3. The summed E-state index contributed by atoms with van der Waals surface area (Å²) in [7, 11) is 5.15. The first kappa shape index (κ1) is 133. The highest BCUT2D eigenvalue weighted by Crippen LogP contribution is 2.29. The second kappa shape index (κ2) is 71.1. The van der Waals surface area contributed by atoms with E-state index >= 15 is 0 Å². The number of carbonyl (C=O) groups excluding carboxylic acids is 14. The number of nitrogens with two attached hydrogens (primary N) is 1. The number of urea groups is 3. The first-order valence-corrected chi connectivity index (χ1v) is 51.3. The van der Waals surface area contributed by atoms with E-state index in [1.54, 1.807) is 83.1 Å². The summed E-state index contributed by atoms with van der Waals surface area (Å²) in [5.74, 6) is -2.51. The van der Waals surface area contributed by atoms with Crippen molar-refractivity contribution < 1.29 is 102 Å². The van der Waals surface area contributed by atoms with Crippen molar-refractivity contribution in [1.29, 1.82) is 0 Å². The molecule has 3 aliphatic heterocycles. The summed E-state index contributed by atoms with van der Waals surface area (Å²) in [5, 5.41) is 54.0. The lowest BCUT2D eigenvalue weighted by Gasteiger charge is -2.29. The Morgan fingerprint density at radius 1 is 0.458 bits per heavy atom. The van der Waals surface area contributed by atoms with E-state index in [0.717, 1.165) is 32.6 Å². The molecule has 3 aliphatic rings. The van der Waals surface area contributed by atoms with Gasteiger partial charge in [0.25, 0.3) is 17.7 Å². The summed E-state index contributed by atoms with van der Waals surface area (Å²) in [6, 6.07) is 12.7. The molecule has 3 heterocycles. The molecule has 2 aromatic carbocycles. The van der Waals surface area contributed by atoms with Gasteiger partial charge < -0.3 is 57.7 Å². The molecule has 2 aromatic rings. The predicted octanol–water partition coefficient (Wildman–Crippen LogP) is 13.1. The number of isocyanates is 1. The van der Waals surface area contributed by atoms with Crippen molar-refractivity contribution in [3.63, 3.8) is 0 Å². The number of para-hydroxylation sites is 1. The third-order valence-electron chi connectivity index (χ3n) is 21.7. The average molecular weight is 1930 g/mol. The van der Waals surface area contributed by atoms with E-state index in [0.29, 0.717) is 137 Å². The third kappa shape index (κ3) is 44.9. The molecule has 0 radical (unpaired) electrons. The van der Waals surface area contributed by atoms with Crippen LogP contribution >= 0.6 is 34.9 Å². The minimum atomic E-state index is -1.16. The summed E-state index contributed by atoms with van der Waals surface area (Å²) in [4.78, 5) is 202. The molecule has 0 aliphatic carbocycles. The number of nitrogens with zero attached hydrogens (tertiary/aromatic N) is 4. The van der Waals surface area contributed by atoms with Crippen molar-refractivity contribution in [2.75, 3.05) is 40.8 Å². The first-order valence-electron chi connectivity index (χ1n) is 45.3. The van der Waals surface area contributed by atoms with Gasteiger partial charge in [-0.1, -0.05) is 202 Å². The molecule has 3 fully saturated rings. The maximum atomic E-state index is 12.2. The number of Topliss-reactive ketones (excluding diaryl/α,β-unsaturated/α-hetero) is 4. The van der Waals surface area contributed by atoms with Crippen LogP contribution < -0.4 is 62.7 Å². The fourth-order valence-electron chi connectivity index (χ4n) is 11.7. The van der Waals surface area contributed by atoms with Gasteiger partial charge in [0, 0.05) is 32.7 Å². The van der Waals surface area contributed by atoms with Crippen molar-refractivity contribution in [2.45, 2.75) is 365 Å². The number of hydrogen-bond acceptors (Lipinski definition) is 24. The molecule has 750 valence electrons. The lowest BCUT2D eigenvalue weighted by atomic mass is 9.97. The summed E-state index contributed by atoms with van der Waals surface area (Å²) in [6.07, 6.45) is 10.2. The molecule has 3 saturated heterocycles. The zero-order valence-electron chi connectivity index (χ0n) is 84.3. The highest BCUT2D eigenvalue weighted by molar-refractivity contribution is 7.35. The summed E-state index contributed by atoms with van der Waals surface area (Å²) >= 11 is 0. The number of likely N-dealkylation sites (N-methyl/N-ethyl adjacent to an activating group) is 1. The summed E-state index contributed by atoms with van der Waals surface area (Å²) < 4.78 is 5.63. The van der Waals surface area contributed by atoms with E-state index in [1.807, 2.05) is 171 Å². The van der Waals surface area contributed by atoms with Crippen molar-refractivity contribution in [1.82, 2.24) is 66.9 Å². The van der Waals surface area contributed by atoms with Crippen LogP contribution in [-0.4, -0.2) is 247 Å². The molecule has 5 rings (SSSR count). The van der Waals surface area contributed by atoms with Gasteiger partial charge in [-0.25, -0.2) is 33.8 Å². The number of nitrogens with one attached hydrogen (secondary N) is 10. The zero-order valence-corrected chi connectivity index (χ0v) is 88.3. The number of aryl methyl sites for hydroxylation is 1. The minimum Gasteiger partial charge on any atom is -0.480 e. The monoisotopic (exact) mass is 1930 g/mol. The van der Waals surface area contributed by atoms with Crippen molar-refractivity contribution in [3.05, 3.63) is 60.2 Å². The molecule has 0 saturated carbocycles. The van der Waals surface area contributed by atoms with Crippen molar-refractivity contribution in [3.8, 4) is 11.5 Å². The Morgan fingerprint density at radius 3 is 1.06 bits per heavy atom. The molecular weight excluding hydrogens is 1760 g/mol. The van der Waals surface area contributed by atoms with Gasteiger partial charge in [-0.05, 0) is 190 Å². The van der Waals surface area contributed by atoms with Crippen LogP contribution in [0.3, 0.4) is 0 Å². The number of carboxylic acid groups (broad SMARTS) is 3. The quantitative estimate of drug-likeness (QED) is 0.0127. The molecule has 12 amide bonds. The van der Waals surface area contributed by atoms with Crippen LogP contribution in [0.5, 0.6) is 11.5 Å². The van der Waals surface area contributed by atoms with Crippen LogP contribution in [0.25, 0.3) is 0 Å². The summed E-state index contributed by atoms with van der Waals surface area (Å²) in [5.41, 5.74) is 0.576. The van der Waals surface area contributed by atoms with Gasteiger partial charge in [0.2, 0.25) is 23.8 Å². The fraction of sp³-hybridized carbons (Fsp3) is 0.681. The number of aliphatic imine (C=N–C) groups is 1. The van der Waals surface area contributed by atoms with E-state index in [-0.39, 0.29) is 65.5 Å². The average Bonchev–Trinajstić information content (AvgIpc) is 1.64. The molecule has 15 N–H and O–H groups in total. The minimum absolute atomic E-state index is 0.0191. The molecule has 0 spiro atoms. The van der Waals surface area contributed by atoms with Crippen LogP contribution in [0.15, 0.2) is 59.6 Å². The first-order chi connectivity index (χ1) is 61.5. The number of hydrogen-bond donors (Lipinski definition) is 14. The van der Waals surface area contributed by atoms with Crippen LogP contribution in [0.2, 0.25) is 0 Å². The largest absolute Gasteiger partial charge is 0.480 e. The topological polar surface area (TPSA) is 529 Å². The van der Waals surface area contributed by atoms with Crippen LogP contribution in [-0.2, 0) is 67.1 Å². The highest BCUT2D eigenvalue weighted by atomic mass is 31.1. The van der Waals surface area contributed by atoms with Crippen molar-refractivity contribution in [2.24, 2.45) is 10.7 Å². The second-order valence-corrected chi connectivity index (χ2v) is 33.9. The van der Waals surface area contributed by atoms with Gasteiger partial charge in [-0.3, -0.25) is 82.8 Å². The van der Waals surface area contributed by atoms with E-state index in [2.05, 4.69) is 69.9 Å². The second-order valence-electron chi connectivity index (χ2n) is 30.8. The lowest BCUT2D eigenvalue weighted by Crippen LogP contribution is -2.55. The van der Waals surface area contributed by atoms with Gasteiger partial charge in [-0.2, -0.15) is 4.99 Å². The highest BCUT2D eigenvalue weighted by Gasteiger charge is 2.53. The number of rotatable bonds is 43. The summed E-state index contributed by atoms with van der Waals surface area (Å²) in [6.45, 7) is 55.1. The smallest absolute Gasteiger partial charge is 0.326 e. The number of carbonyl (C=O) groups is 16. The number of imide groups is 3. The molecule has 131 heavy (non-hydrogen) atoms. The predicted molar refractivity (Wildman–Crippen MR) is 528 cm³/mol. The number of ketones is 4. The standard InChI is InChI=1S/C13H12O.2C12H20N2O3.C12H25N2O2P.C11H19N3O3.C10H16N2O4.C7H16NOP.C6H14NO2P.C5H12NO2P.C2H6.CH5N/c1-11-7-9-13(10-8-11)14-12-5-3-2-4-6-12;1-5-8(9(15)6-2)14-10(16)12(4,7-3)13-11(14)17;1-5-9(10(16)6-2)14-11(17)12(4,7-3)13-8-15;1-6-9(10(15)7-2)13-11(16)12(4,8-3)14-17-5;1-5-7(8(15)12-4)14-9(16)11(3,6-2)13-10(14)17;1-4-6(7(13)14)12-8(15)10(3,5-2)11-9(12)16;1-4-6(8-10-3)7(9)5-2;1-4-6(2,5(8)9)7-10-3;1-3-4(5(7)8)6-9-2;2*1-2/h2-10H,1H3;8H,5-7H2,1-4H3,(H,13,17);9H,5-7H2,1-4H3,(H,14,17);9,14,17H,6-8H2,1-5H3,(H,13,16);7H,5-6H2,1-4H3,(H,12,15)(H,13,17);6H,4-5H2,1-3H3,(H,11,16)(H,13,14);6,8,10H,4-5H2,1-3H3;7,10H,4H2,1-3H3,(H,8,9);4,6,9H,3H2,1-2H3,(H,7,8);1-2H3;2H2,1H3. The number of carboxylic acids is 3. The maximum Gasteiger partial charge on any atom is 0.326 e. The molecular formula is C91H165N15O21P4. The molecule has 0 aromatic heterocycles. The Hall–Kier alpha value is -8.54. The molecule has 40 heteroatoms. The third-order valence-corrected chi connectivity index (χ3v) is 24.6. The van der Waals surface area contributed by atoms with Crippen LogP contribution in [0, 0.1) is 6.92 Å². The van der Waals surface area contributed by atoms with E-state index in [9.17, 15) is 81.5 Å². The Labute approximate surface area is 787 Å². The molecule has 17 atom stereocenters. The van der Waals surface area contributed by atoms with Crippen molar-refractivity contribution >= 4 is 136 Å². The van der Waals surface area contributed by atoms with Gasteiger partial charge in [0.15, 0.2) is 17.3 Å². The molecule has 17 unspecified atom stereocenters. The number of ether oxygens (including phenoxy) is 1. The fourth-order valence-corrected chi connectivity index (χ4v) is 14.7. The Balaban J connectivity index is -0.000000336. The van der Waals surface area contributed by atoms with Gasteiger partial charge in [-0.15, -0.1) is 0 Å². The van der Waals surface area contributed by atoms with Crippen LogP contribution in [0.1, 0.15) is 288 Å². The SMILES string of the molecule is CC.CCC(=O)C(CC)N1C(=O)NC(C)(CC)C1=O.CCC(=O)C(CC)NC(=O)C(C)(CC)N=C=O.CCC(=O)C(CC)NC(=O)C(C)(CC)NPC.CCC(=O)C(CC)NPC.CCC(C(=O)NC)N1C(=O)NC(C)(CC)C1=O.CCC(C(=O)O)N1C(=O)NC(C)(CC)C1=O.CCC(C)(NPC)C(=O)O.CCC(NPC)C(=O)O.CN.Cc1ccc(Oc2ccccc2)cc1. The number of benzene rings is 2. The van der Waals surface area contributed by atoms with E-state index in [4.69, 9.17) is 20.1 Å². The van der Waals surface area contributed by atoms with Gasteiger partial charge in [0.1, 0.15) is 63.1 Å².